The van der Waals surface area contributed by atoms with Gasteiger partial charge in [0, 0.05) is 12.2 Å². The fourth-order valence-electron chi connectivity index (χ4n) is 1.14. The highest BCUT2D eigenvalue weighted by Gasteiger charge is 2.04. The molecule has 4 heteroatoms. The minimum Gasteiger partial charge on any atom is -0.395 e. The average molecular weight is 169 g/mol. The van der Waals surface area contributed by atoms with E-state index in [1.165, 1.54) is 0 Å². The van der Waals surface area contributed by atoms with Crippen LogP contribution in [0.15, 0.2) is 12.1 Å². The largest absolute Gasteiger partial charge is 0.395 e. The molecule has 0 saturated carbocycles. The number of nitrogens with zero attached hydrogens (tertiary/aromatic N) is 1. The van der Waals surface area contributed by atoms with Gasteiger partial charge in [-0.1, -0.05) is 0 Å². The lowest BCUT2D eigenvalue weighted by atomic mass is 10.4. The van der Waals surface area contributed by atoms with Crippen LogP contribution in [0.5, 0.6) is 0 Å². The first-order valence-corrected chi connectivity index (χ1v) is 3.68. The van der Waals surface area contributed by atoms with E-state index in [0.29, 0.717) is 24.2 Å². The Labute approximate surface area is 70.1 Å². The van der Waals surface area contributed by atoms with Gasteiger partial charge in [-0.15, -0.1) is 0 Å². The van der Waals surface area contributed by atoms with Crippen LogP contribution < -0.4 is 0 Å². The normalized spacial score (nSPS) is 10.2. The molecule has 0 aliphatic rings. The lowest BCUT2D eigenvalue weighted by Gasteiger charge is -2.06. The Bertz CT molecular complexity index is 267. The maximum Gasteiger partial charge on any atom is 0.166 e. The first-order valence-electron chi connectivity index (χ1n) is 3.68. The third-order valence-electron chi connectivity index (χ3n) is 1.71. The van der Waals surface area contributed by atoms with Crippen LogP contribution in [-0.4, -0.2) is 27.7 Å². The van der Waals surface area contributed by atoms with Crippen LogP contribution in [0.2, 0.25) is 0 Å². The zero-order valence-corrected chi connectivity index (χ0v) is 6.60. The van der Waals surface area contributed by atoms with E-state index >= 15 is 0 Å². The lowest BCUT2D eigenvalue weighted by molar-refractivity contribution is 0.111. The van der Waals surface area contributed by atoms with Gasteiger partial charge >= 0.3 is 0 Å². The van der Waals surface area contributed by atoms with Gasteiger partial charge in [0.15, 0.2) is 6.29 Å². The number of hydrogen-bond donors (Lipinski definition) is 2. The zero-order chi connectivity index (χ0) is 8.97. The third kappa shape index (κ3) is 1.54. The van der Waals surface area contributed by atoms with Crippen LogP contribution in [0, 0.1) is 0 Å². The molecule has 0 aromatic carbocycles. The van der Waals surface area contributed by atoms with E-state index in [1.54, 1.807) is 16.7 Å². The predicted molar refractivity (Wildman–Crippen MR) is 42.8 cm³/mol. The molecule has 0 fully saturated rings. The second-order valence-electron chi connectivity index (χ2n) is 2.40. The summed E-state index contributed by atoms with van der Waals surface area (Å²) in [5.74, 6) is 0. The quantitative estimate of drug-likeness (QED) is 0.613. The van der Waals surface area contributed by atoms with Gasteiger partial charge < -0.3 is 14.8 Å². The van der Waals surface area contributed by atoms with Gasteiger partial charge in [-0.2, -0.15) is 0 Å². The molecule has 2 N–H and O–H groups in total. The number of carbonyl (C=O) groups excluding carboxylic acids is 1. The Morgan fingerprint density at radius 1 is 1.42 bits per heavy atom. The van der Waals surface area contributed by atoms with Gasteiger partial charge in [-0.25, -0.2) is 0 Å². The van der Waals surface area contributed by atoms with Crippen molar-refractivity contribution in [3.63, 3.8) is 0 Å². The molecule has 1 aromatic heterocycles. The summed E-state index contributed by atoms with van der Waals surface area (Å²) in [6.45, 7) is 0.188. The highest BCUT2D eigenvalue weighted by atomic mass is 16.3. The van der Waals surface area contributed by atoms with Crippen molar-refractivity contribution >= 4 is 6.29 Å². The number of aliphatic hydroxyl groups excluding tert-OH is 2. The predicted octanol–water partition coefficient (Wildman–Crippen LogP) is -0.215. The molecule has 4 nitrogen and oxygen atoms in total. The average Bonchev–Trinajstić information content (AvgIpc) is 2.48. The first kappa shape index (κ1) is 8.96. The monoisotopic (exact) mass is 169 g/mol. The maximum absolute atomic E-state index is 10.4. The fraction of sp³-hybridized carbons (Fsp3) is 0.375. The molecule has 0 aliphatic carbocycles. The number of aldehydes is 1. The molecule has 1 heterocycles. The smallest absolute Gasteiger partial charge is 0.166 e. The fourth-order valence-corrected chi connectivity index (χ4v) is 1.14. The van der Waals surface area contributed by atoms with Crippen LogP contribution in [0.1, 0.15) is 16.2 Å². The topological polar surface area (TPSA) is 62.5 Å². The molecule has 0 saturated heterocycles. The van der Waals surface area contributed by atoms with Crippen molar-refractivity contribution < 1.29 is 15.0 Å². The molecule has 12 heavy (non-hydrogen) atoms. The number of carbonyl (C=O) groups is 1. The van der Waals surface area contributed by atoms with Crippen LogP contribution in [0.25, 0.3) is 0 Å². The standard InChI is InChI=1S/C8H11NO3/c10-4-3-9-7(5-11)1-2-8(9)6-12/h1-2,5,10,12H,3-4,6H2. The van der Waals surface area contributed by atoms with Crippen molar-refractivity contribution in [3.05, 3.63) is 23.5 Å². The van der Waals surface area contributed by atoms with E-state index in [4.69, 9.17) is 10.2 Å². The molecule has 0 atom stereocenters. The van der Waals surface area contributed by atoms with Gasteiger partial charge in [0.25, 0.3) is 0 Å². The molecule has 0 bridgehead atoms. The second-order valence-corrected chi connectivity index (χ2v) is 2.40. The summed E-state index contributed by atoms with van der Waals surface area (Å²) in [6.07, 6.45) is 0.703. The van der Waals surface area contributed by atoms with Crippen LogP contribution in [0.4, 0.5) is 0 Å². The number of hydrogen-bond acceptors (Lipinski definition) is 3. The van der Waals surface area contributed by atoms with Gasteiger partial charge in [-0.05, 0) is 12.1 Å². The van der Waals surface area contributed by atoms with Crippen LogP contribution in [0.3, 0.4) is 0 Å². The minimum atomic E-state index is -0.117. The summed E-state index contributed by atoms with van der Waals surface area (Å²) >= 11 is 0. The molecular weight excluding hydrogens is 158 g/mol. The van der Waals surface area contributed by atoms with Crippen LogP contribution >= 0.6 is 0 Å². The molecule has 1 aromatic rings. The molecule has 1 rings (SSSR count). The van der Waals surface area contributed by atoms with Gasteiger partial charge in [0.2, 0.25) is 0 Å². The summed E-state index contributed by atoms with van der Waals surface area (Å²) in [5, 5.41) is 17.5. The molecule has 0 aliphatic heterocycles. The van der Waals surface area contributed by atoms with Crippen molar-refractivity contribution in [1.82, 2.24) is 4.57 Å². The van der Waals surface area contributed by atoms with Crippen molar-refractivity contribution in [1.29, 1.82) is 0 Å². The second kappa shape index (κ2) is 4.04. The molecule has 0 spiro atoms. The summed E-state index contributed by atoms with van der Waals surface area (Å²) in [5.41, 5.74) is 1.12. The van der Waals surface area contributed by atoms with Gasteiger partial charge in [0.05, 0.1) is 18.9 Å². The highest BCUT2D eigenvalue weighted by Crippen LogP contribution is 2.06. The van der Waals surface area contributed by atoms with E-state index in [9.17, 15) is 4.79 Å². The van der Waals surface area contributed by atoms with Crippen molar-refractivity contribution in [2.24, 2.45) is 0 Å². The minimum absolute atomic E-state index is 0.0392. The summed E-state index contributed by atoms with van der Waals surface area (Å²) < 4.78 is 1.59. The molecule has 66 valence electrons. The molecular formula is C8H11NO3. The van der Waals surface area contributed by atoms with E-state index in [1.807, 2.05) is 0 Å². The summed E-state index contributed by atoms with van der Waals surface area (Å²) in [7, 11) is 0. The first-order chi connectivity index (χ1) is 5.83. The Hall–Kier alpha value is -1.13. The van der Waals surface area contributed by atoms with Crippen molar-refractivity contribution in [2.45, 2.75) is 13.2 Å². The summed E-state index contributed by atoms with van der Waals surface area (Å²) in [6, 6.07) is 3.29. The number of aliphatic hydroxyl groups is 2. The SMILES string of the molecule is O=Cc1ccc(CO)n1CCO. The highest BCUT2D eigenvalue weighted by molar-refractivity contribution is 5.72. The third-order valence-corrected chi connectivity index (χ3v) is 1.71. The van der Waals surface area contributed by atoms with E-state index in [0.717, 1.165) is 0 Å². The van der Waals surface area contributed by atoms with E-state index in [-0.39, 0.29) is 13.2 Å². The Balaban J connectivity index is 2.98. The molecule has 0 unspecified atom stereocenters. The van der Waals surface area contributed by atoms with Crippen molar-refractivity contribution in [3.8, 4) is 0 Å². The lowest BCUT2D eigenvalue weighted by Crippen LogP contribution is -2.09. The van der Waals surface area contributed by atoms with Crippen LogP contribution in [-0.2, 0) is 13.2 Å². The molecule has 0 radical (unpaired) electrons. The zero-order valence-electron chi connectivity index (χ0n) is 6.60. The Morgan fingerprint density at radius 2 is 2.17 bits per heavy atom. The number of aromatic nitrogens is 1. The van der Waals surface area contributed by atoms with E-state index in [2.05, 4.69) is 0 Å². The Morgan fingerprint density at radius 3 is 2.67 bits per heavy atom. The summed E-state index contributed by atoms with van der Waals surface area (Å²) in [4.78, 5) is 10.4. The Kier molecular flexibility index (Phi) is 3.01. The molecule has 0 amide bonds. The van der Waals surface area contributed by atoms with Gasteiger partial charge in [-0.3, -0.25) is 4.79 Å². The van der Waals surface area contributed by atoms with Crippen molar-refractivity contribution in [2.75, 3.05) is 6.61 Å². The maximum atomic E-state index is 10.4. The van der Waals surface area contributed by atoms with E-state index < -0.39 is 0 Å². The number of rotatable bonds is 4. The van der Waals surface area contributed by atoms with Gasteiger partial charge in [0.1, 0.15) is 0 Å².